The third-order valence-corrected chi connectivity index (χ3v) is 6.39. The van der Waals surface area contributed by atoms with Crippen molar-refractivity contribution < 1.29 is 9.47 Å². The van der Waals surface area contributed by atoms with Gasteiger partial charge in [0, 0.05) is 21.1 Å². The predicted octanol–water partition coefficient (Wildman–Crippen LogP) is 7.19. The van der Waals surface area contributed by atoms with Crippen molar-refractivity contribution in [2.75, 3.05) is 17.4 Å². The first kappa shape index (κ1) is 23.1. The van der Waals surface area contributed by atoms with E-state index in [1.807, 2.05) is 41.3 Å². The Morgan fingerprint density at radius 2 is 1.88 bits per heavy atom. The maximum absolute atomic E-state index is 10.0. The summed E-state index contributed by atoms with van der Waals surface area (Å²) in [5, 5.41) is 11.1. The van der Waals surface area contributed by atoms with Gasteiger partial charge in [-0.25, -0.2) is 0 Å². The number of nitriles is 1. The van der Waals surface area contributed by atoms with Crippen molar-refractivity contribution >= 4 is 56.6 Å². The molecule has 1 aliphatic rings. The zero-order valence-electron chi connectivity index (χ0n) is 17.3. The van der Waals surface area contributed by atoms with Crippen LogP contribution in [-0.2, 0) is 6.54 Å². The summed E-state index contributed by atoms with van der Waals surface area (Å²) < 4.78 is 11.6. The average Bonchev–Trinajstić information content (AvgIpc) is 3.24. The summed E-state index contributed by atoms with van der Waals surface area (Å²) in [7, 11) is 0. The van der Waals surface area contributed by atoms with Crippen molar-refractivity contribution in [3.8, 4) is 17.6 Å². The Labute approximate surface area is 210 Å². The molecule has 0 saturated heterocycles. The summed E-state index contributed by atoms with van der Waals surface area (Å²) in [6, 6.07) is 18.6. The van der Waals surface area contributed by atoms with Gasteiger partial charge in [0.25, 0.3) is 0 Å². The highest BCUT2D eigenvalue weighted by atomic mass is 79.9. The van der Waals surface area contributed by atoms with E-state index in [0.29, 0.717) is 50.7 Å². The molecule has 0 radical (unpaired) electrons. The maximum atomic E-state index is 10.0. The molecule has 0 aliphatic carbocycles. The number of rotatable bonds is 6. The summed E-state index contributed by atoms with van der Waals surface area (Å²) >= 11 is 16.0. The Hall–Kier alpha value is -3.11. The number of halogens is 3. The second-order valence-corrected chi connectivity index (χ2v) is 8.92. The molecule has 0 atom stereocenters. The van der Waals surface area contributed by atoms with Gasteiger partial charge in [0.1, 0.15) is 6.07 Å². The Kier molecular flexibility index (Phi) is 6.85. The van der Waals surface area contributed by atoms with Crippen LogP contribution in [-0.4, -0.2) is 6.79 Å². The van der Waals surface area contributed by atoms with Gasteiger partial charge >= 0.3 is 0 Å². The SMILES string of the molecule is C=C(/C(C#N)=C/c1cc2c(cc1Br)OCO2)N(Cc1ccc(Cl)cc1Cl)c1ccccc1N. The van der Waals surface area contributed by atoms with Crippen LogP contribution < -0.4 is 20.1 Å². The minimum atomic E-state index is 0.162. The van der Waals surface area contributed by atoms with E-state index in [4.69, 9.17) is 38.4 Å². The number of para-hydroxylation sites is 2. The van der Waals surface area contributed by atoms with E-state index in [0.717, 1.165) is 15.6 Å². The molecule has 8 heteroatoms. The molecule has 1 aliphatic heterocycles. The number of hydrogen-bond donors (Lipinski definition) is 1. The zero-order chi connectivity index (χ0) is 23.5. The molecule has 166 valence electrons. The van der Waals surface area contributed by atoms with E-state index in [2.05, 4.69) is 28.6 Å². The summed E-state index contributed by atoms with van der Waals surface area (Å²) in [5.74, 6) is 1.26. The minimum Gasteiger partial charge on any atom is -0.454 e. The van der Waals surface area contributed by atoms with Crippen molar-refractivity contribution in [1.82, 2.24) is 0 Å². The van der Waals surface area contributed by atoms with Gasteiger partial charge < -0.3 is 20.1 Å². The van der Waals surface area contributed by atoms with Crippen molar-refractivity contribution in [2.24, 2.45) is 0 Å². The second-order valence-electron chi connectivity index (χ2n) is 7.22. The minimum absolute atomic E-state index is 0.162. The number of benzene rings is 3. The number of fused-ring (bicyclic) bond motifs is 1. The summed E-state index contributed by atoms with van der Waals surface area (Å²) in [6.45, 7) is 4.72. The van der Waals surface area contributed by atoms with Gasteiger partial charge in [-0.3, -0.25) is 0 Å². The third kappa shape index (κ3) is 4.96. The Balaban J connectivity index is 1.76. The average molecular weight is 543 g/mol. The topological polar surface area (TPSA) is 71.5 Å². The standard InChI is InChI=1S/C25H18BrCl2N3O2/c1-15(18(12-29)8-17-9-24-25(11-20(17)26)33-14-32-24)31(23-5-3-2-4-22(23)30)13-16-6-7-19(27)10-21(16)28/h2-11H,1,13-14,30H2/b18-8+. The van der Waals surface area contributed by atoms with Crippen LogP contribution in [0.5, 0.6) is 11.5 Å². The molecular formula is C25H18BrCl2N3O2. The molecule has 1 heterocycles. The van der Waals surface area contributed by atoms with E-state index in [9.17, 15) is 5.26 Å². The van der Waals surface area contributed by atoms with Crippen LogP contribution >= 0.6 is 39.1 Å². The van der Waals surface area contributed by atoms with E-state index < -0.39 is 0 Å². The molecule has 33 heavy (non-hydrogen) atoms. The lowest BCUT2D eigenvalue weighted by atomic mass is 10.1. The molecule has 0 spiro atoms. The van der Waals surface area contributed by atoms with Gasteiger partial charge in [0.05, 0.1) is 22.6 Å². The van der Waals surface area contributed by atoms with Crippen LogP contribution in [0.3, 0.4) is 0 Å². The molecular weight excluding hydrogens is 525 g/mol. The number of hydrogen-bond acceptors (Lipinski definition) is 5. The van der Waals surface area contributed by atoms with Crippen LogP contribution in [0.25, 0.3) is 6.08 Å². The van der Waals surface area contributed by atoms with Crippen molar-refractivity contribution in [3.63, 3.8) is 0 Å². The third-order valence-electron chi connectivity index (χ3n) is 5.12. The largest absolute Gasteiger partial charge is 0.454 e. The number of allylic oxidation sites excluding steroid dienone is 1. The maximum Gasteiger partial charge on any atom is 0.231 e. The number of ether oxygens (including phenoxy) is 2. The number of anilines is 2. The highest BCUT2D eigenvalue weighted by Gasteiger charge is 2.20. The first-order valence-corrected chi connectivity index (χ1v) is 11.4. The molecule has 2 N–H and O–H groups in total. The van der Waals surface area contributed by atoms with Crippen molar-refractivity contribution in [3.05, 3.63) is 98.1 Å². The van der Waals surface area contributed by atoms with Crippen LogP contribution in [0.2, 0.25) is 10.0 Å². The van der Waals surface area contributed by atoms with E-state index in [1.54, 1.807) is 24.3 Å². The van der Waals surface area contributed by atoms with Gasteiger partial charge in [-0.05, 0) is 53.6 Å². The van der Waals surface area contributed by atoms with Crippen LogP contribution in [0.4, 0.5) is 11.4 Å². The number of nitrogens with zero attached hydrogens (tertiary/aromatic N) is 2. The fourth-order valence-electron chi connectivity index (χ4n) is 3.40. The Bertz CT molecular complexity index is 1320. The predicted molar refractivity (Wildman–Crippen MR) is 136 cm³/mol. The van der Waals surface area contributed by atoms with E-state index in [1.165, 1.54) is 0 Å². The first-order valence-electron chi connectivity index (χ1n) is 9.83. The van der Waals surface area contributed by atoms with Gasteiger partial charge in [-0.2, -0.15) is 5.26 Å². The van der Waals surface area contributed by atoms with Crippen LogP contribution in [0.15, 0.2) is 76.9 Å². The molecule has 3 aromatic carbocycles. The van der Waals surface area contributed by atoms with Crippen LogP contribution in [0.1, 0.15) is 11.1 Å². The second kappa shape index (κ2) is 9.80. The fraction of sp³-hybridized carbons (Fsp3) is 0.0800. The fourth-order valence-corrected chi connectivity index (χ4v) is 4.31. The molecule has 5 nitrogen and oxygen atoms in total. The molecule has 0 bridgehead atoms. The monoisotopic (exact) mass is 541 g/mol. The lowest BCUT2D eigenvalue weighted by Crippen LogP contribution is -2.23. The summed E-state index contributed by atoms with van der Waals surface area (Å²) in [5.41, 5.74) is 9.91. The molecule has 0 saturated carbocycles. The number of nitrogens with two attached hydrogens (primary N) is 1. The summed E-state index contributed by atoms with van der Waals surface area (Å²) in [6.07, 6.45) is 1.74. The van der Waals surface area contributed by atoms with Gasteiger partial charge in [-0.1, -0.05) is 63.9 Å². The van der Waals surface area contributed by atoms with Crippen molar-refractivity contribution in [1.29, 1.82) is 5.26 Å². The van der Waals surface area contributed by atoms with Gasteiger partial charge in [-0.15, -0.1) is 0 Å². The van der Waals surface area contributed by atoms with E-state index in [-0.39, 0.29) is 6.79 Å². The highest BCUT2D eigenvalue weighted by Crippen LogP contribution is 2.39. The van der Waals surface area contributed by atoms with Gasteiger partial charge in [0.15, 0.2) is 11.5 Å². The van der Waals surface area contributed by atoms with E-state index >= 15 is 0 Å². The normalized spacial score (nSPS) is 12.4. The lowest BCUT2D eigenvalue weighted by molar-refractivity contribution is 0.174. The number of nitrogen functional groups attached to an aromatic ring is 1. The van der Waals surface area contributed by atoms with Crippen LogP contribution in [0, 0.1) is 11.3 Å². The molecule has 4 rings (SSSR count). The van der Waals surface area contributed by atoms with Crippen molar-refractivity contribution in [2.45, 2.75) is 6.54 Å². The zero-order valence-corrected chi connectivity index (χ0v) is 20.4. The van der Waals surface area contributed by atoms with Gasteiger partial charge in [0.2, 0.25) is 6.79 Å². The molecule has 0 fully saturated rings. The highest BCUT2D eigenvalue weighted by molar-refractivity contribution is 9.10. The molecule has 3 aromatic rings. The molecule has 0 unspecified atom stereocenters. The smallest absolute Gasteiger partial charge is 0.231 e. The first-order chi connectivity index (χ1) is 15.9. The Morgan fingerprint density at radius 1 is 1.15 bits per heavy atom. The molecule has 0 aromatic heterocycles. The quantitative estimate of drug-likeness (QED) is 0.203. The molecule has 0 amide bonds. The lowest BCUT2D eigenvalue weighted by Gasteiger charge is -2.28. The summed E-state index contributed by atoms with van der Waals surface area (Å²) in [4.78, 5) is 1.86. The Morgan fingerprint density at radius 3 is 2.58 bits per heavy atom.